The second kappa shape index (κ2) is 6.07. The molecule has 0 unspecified atom stereocenters. The summed E-state index contributed by atoms with van der Waals surface area (Å²) >= 11 is 0. The molecule has 0 amide bonds. The minimum absolute atomic E-state index is 0.0238. The molecule has 2 aromatic rings. The molecular weight excluding hydrogens is 245 g/mol. The fraction of sp³-hybridized carbons (Fsp3) is 0.308. The van der Waals surface area contributed by atoms with Crippen molar-refractivity contribution in [2.24, 2.45) is 0 Å². The van der Waals surface area contributed by atoms with Gasteiger partial charge in [0, 0.05) is 6.54 Å². The molecule has 0 bridgehead atoms. The van der Waals surface area contributed by atoms with Crippen LogP contribution in [0.3, 0.4) is 0 Å². The lowest BCUT2D eigenvalue weighted by Gasteiger charge is -2.10. The van der Waals surface area contributed by atoms with Crippen LogP contribution in [0.15, 0.2) is 24.5 Å². The summed E-state index contributed by atoms with van der Waals surface area (Å²) in [6.45, 7) is 3.47. The number of nitrogens with one attached hydrogen (secondary N) is 1. The first-order chi connectivity index (χ1) is 9.26. The summed E-state index contributed by atoms with van der Waals surface area (Å²) in [5, 5.41) is 15.9. The molecule has 1 N–H and O–H groups in total. The monoisotopic (exact) mass is 259 g/mol. The quantitative estimate of drug-likeness (QED) is 0.831. The molecule has 2 rings (SSSR count). The fourth-order valence-electron chi connectivity index (χ4n) is 1.78. The van der Waals surface area contributed by atoms with Crippen LogP contribution < -0.4 is 5.32 Å². The molecule has 1 aromatic carbocycles. The van der Waals surface area contributed by atoms with Gasteiger partial charge in [-0.05, 0) is 24.6 Å². The van der Waals surface area contributed by atoms with Crippen molar-refractivity contribution in [2.45, 2.75) is 19.9 Å². The zero-order valence-corrected chi connectivity index (χ0v) is 10.6. The van der Waals surface area contributed by atoms with Crippen LogP contribution in [0.25, 0.3) is 5.69 Å². The highest BCUT2D eigenvalue weighted by molar-refractivity contribution is 5.41. The van der Waals surface area contributed by atoms with Crippen molar-refractivity contribution in [2.75, 3.05) is 6.54 Å². The topological polar surface area (TPSA) is 66.5 Å². The van der Waals surface area contributed by atoms with Gasteiger partial charge in [0.15, 0.2) is 0 Å². The Hall–Kier alpha value is -2.26. The largest absolute Gasteiger partial charge is 0.313 e. The Morgan fingerprint density at radius 3 is 3.00 bits per heavy atom. The number of hydrogen-bond acceptors (Lipinski definition) is 4. The lowest BCUT2D eigenvalue weighted by atomic mass is 10.1. The molecule has 0 fully saturated rings. The normalized spacial score (nSPS) is 10.4. The number of para-hydroxylation sites is 1. The van der Waals surface area contributed by atoms with Gasteiger partial charge in [-0.2, -0.15) is 5.26 Å². The fourth-order valence-corrected chi connectivity index (χ4v) is 1.78. The molecule has 0 radical (unpaired) electrons. The van der Waals surface area contributed by atoms with Crippen molar-refractivity contribution < 1.29 is 4.39 Å². The van der Waals surface area contributed by atoms with Crippen LogP contribution in [0, 0.1) is 17.1 Å². The highest BCUT2D eigenvalue weighted by atomic mass is 19.1. The third kappa shape index (κ3) is 2.95. The van der Waals surface area contributed by atoms with Gasteiger partial charge in [-0.15, -0.1) is 5.10 Å². The lowest BCUT2D eigenvalue weighted by molar-refractivity contribution is 0.599. The summed E-state index contributed by atoms with van der Waals surface area (Å²) in [6, 6.07) is 6.68. The van der Waals surface area contributed by atoms with Crippen molar-refractivity contribution in [3.63, 3.8) is 0 Å². The Kier molecular flexibility index (Phi) is 4.21. The van der Waals surface area contributed by atoms with Gasteiger partial charge < -0.3 is 5.32 Å². The Morgan fingerprint density at radius 1 is 1.47 bits per heavy atom. The number of aromatic nitrogens is 3. The molecule has 1 heterocycles. The smallest absolute Gasteiger partial charge is 0.252 e. The van der Waals surface area contributed by atoms with Crippen LogP contribution in [-0.2, 0) is 6.54 Å². The summed E-state index contributed by atoms with van der Waals surface area (Å²) in [7, 11) is 0. The van der Waals surface area contributed by atoms with Gasteiger partial charge in [0.1, 0.15) is 23.9 Å². The second-order valence-corrected chi connectivity index (χ2v) is 4.05. The number of nitriles is 1. The van der Waals surface area contributed by atoms with Gasteiger partial charge in [0.05, 0.1) is 0 Å². The van der Waals surface area contributed by atoms with E-state index in [1.54, 1.807) is 6.07 Å². The van der Waals surface area contributed by atoms with Crippen LogP contribution in [0.4, 0.5) is 4.39 Å². The van der Waals surface area contributed by atoms with Crippen molar-refractivity contribution in [3.8, 4) is 11.8 Å². The molecule has 98 valence electrons. The Labute approximate surface area is 110 Å². The predicted octanol–water partition coefficient (Wildman–Crippen LogP) is 1.78. The summed E-state index contributed by atoms with van der Waals surface area (Å²) < 4.78 is 15.3. The summed E-state index contributed by atoms with van der Waals surface area (Å²) in [5.41, 5.74) is 1.11. The van der Waals surface area contributed by atoms with E-state index < -0.39 is 0 Å². The van der Waals surface area contributed by atoms with Gasteiger partial charge in [-0.25, -0.2) is 14.1 Å². The predicted molar refractivity (Wildman–Crippen MR) is 68.0 cm³/mol. The van der Waals surface area contributed by atoms with Crippen molar-refractivity contribution in [1.29, 1.82) is 5.26 Å². The van der Waals surface area contributed by atoms with E-state index in [9.17, 15) is 4.39 Å². The maximum Gasteiger partial charge on any atom is 0.252 e. The Bertz CT molecular complexity index is 599. The molecule has 0 aliphatic carbocycles. The average Bonchev–Trinajstić information content (AvgIpc) is 2.87. The van der Waals surface area contributed by atoms with E-state index in [4.69, 9.17) is 5.26 Å². The van der Waals surface area contributed by atoms with E-state index >= 15 is 0 Å². The Balaban J connectivity index is 2.35. The molecule has 0 spiro atoms. The summed E-state index contributed by atoms with van der Waals surface area (Å²) in [6.07, 6.45) is 2.35. The molecule has 6 heteroatoms. The van der Waals surface area contributed by atoms with Crippen molar-refractivity contribution in [1.82, 2.24) is 20.1 Å². The third-order valence-electron chi connectivity index (χ3n) is 2.63. The first kappa shape index (κ1) is 13.2. The zero-order chi connectivity index (χ0) is 13.7. The molecule has 0 saturated heterocycles. The van der Waals surface area contributed by atoms with Crippen LogP contribution >= 0.6 is 0 Å². The third-order valence-corrected chi connectivity index (χ3v) is 2.63. The van der Waals surface area contributed by atoms with Gasteiger partial charge in [0.25, 0.3) is 5.82 Å². The highest BCUT2D eigenvalue weighted by Gasteiger charge is 2.12. The highest BCUT2D eigenvalue weighted by Crippen LogP contribution is 2.17. The van der Waals surface area contributed by atoms with E-state index in [-0.39, 0.29) is 11.6 Å². The molecule has 19 heavy (non-hydrogen) atoms. The molecule has 0 atom stereocenters. The van der Waals surface area contributed by atoms with E-state index in [1.807, 2.05) is 12.1 Å². The van der Waals surface area contributed by atoms with Gasteiger partial charge >= 0.3 is 0 Å². The van der Waals surface area contributed by atoms with Crippen molar-refractivity contribution >= 4 is 0 Å². The first-order valence-electron chi connectivity index (χ1n) is 6.06. The average molecular weight is 259 g/mol. The number of halogens is 1. The molecule has 0 aliphatic rings. The lowest BCUT2D eigenvalue weighted by Crippen LogP contribution is -2.16. The van der Waals surface area contributed by atoms with Gasteiger partial charge in [-0.1, -0.05) is 19.1 Å². The van der Waals surface area contributed by atoms with Gasteiger partial charge in [0.2, 0.25) is 0 Å². The number of rotatable bonds is 5. The van der Waals surface area contributed by atoms with Crippen molar-refractivity contribution in [3.05, 3.63) is 41.7 Å². The minimum Gasteiger partial charge on any atom is -0.313 e. The van der Waals surface area contributed by atoms with Crippen LogP contribution in [0.2, 0.25) is 0 Å². The Morgan fingerprint density at radius 2 is 2.32 bits per heavy atom. The minimum atomic E-state index is -0.384. The van der Waals surface area contributed by atoms with E-state index in [0.717, 1.165) is 18.5 Å². The van der Waals surface area contributed by atoms with E-state index in [2.05, 4.69) is 22.3 Å². The SMILES string of the molecule is CCCNCc1cccc(F)c1-n1cnc(C#N)n1. The van der Waals surface area contributed by atoms with E-state index in [1.165, 1.54) is 17.1 Å². The molecule has 0 aliphatic heterocycles. The maximum absolute atomic E-state index is 14.0. The van der Waals surface area contributed by atoms with E-state index in [0.29, 0.717) is 12.2 Å². The molecule has 0 saturated carbocycles. The van der Waals surface area contributed by atoms with Crippen LogP contribution in [0.1, 0.15) is 24.7 Å². The molecule has 1 aromatic heterocycles. The standard InChI is InChI=1S/C13H14FN5/c1-2-6-16-8-10-4-3-5-11(14)13(10)19-9-17-12(7-15)18-19/h3-5,9,16H,2,6,8H2,1H3. The molecule has 5 nitrogen and oxygen atoms in total. The van der Waals surface area contributed by atoms with Gasteiger partial charge in [-0.3, -0.25) is 0 Å². The summed E-state index contributed by atoms with van der Waals surface area (Å²) in [4.78, 5) is 3.79. The van der Waals surface area contributed by atoms with Crippen LogP contribution in [0.5, 0.6) is 0 Å². The first-order valence-corrected chi connectivity index (χ1v) is 6.06. The number of benzene rings is 1. The molecular formula is C13H14FN5. The second-order valence-electron chi connectivity index (χ2n) is 4.05. The van der Waals surface area contributed by atoms with Crippen LogP contribution in [-0.4, -0.2) is 21.3 Å². The summed E-state index contributed by atoms with van der Waals surface area (Å²) in [5.74, 6) is -0.360. The maximum atomic E-state index is 14.0. The number of hydrogen-bond donors (Lipinski definition) is 1. The number of nitrogens with zero attached hydrogens (tertiary/aromatic N) is 4. The zero-order valence-electron chi connectivity index (χ0n) is 10.6.